The van der Waals surface area contributed by atoms with Crippen LogP contribution in [0.1, 0.15) is 10.8 Å². The molecule has 10 nitrogen and oxygen atoms in total. The highest BCUT2D eigenvalue weighted by Crippen LogP contribution is 2.33. The monoisotopic (exact) mass is 490 g/mol. The molecular weight excluding hydrogens is 473 g/mol. The van der Waals surface area contributed by atoms with Crippen molar-refractivity contribution in [3.8, 4) is 10.7 Å². The highest BCUT2D eigenvalue weighted by molar-refractivity contribution is 7.15. The van der Waals surface area contributed by atoms with Crippen molar-refractivity contribution in [1.29, 1.82) is 0 Å². The molecule has 0 N–H and O–H groups in total. The first-order chi connectivity index (χ1) is 16.5. The second-order valence-electron chi connectivity index (χ2n) is 7.17. The van der Waals surface area contributed by atoms with Gasteiger partial charge < -0.3 is 19.1 Å². The Bertz CT molecular complexity index is 1240. The summed E-state index contributed by atoms with van der Waals surface area (Å²) in [5, 5.41) is 3.46. The molecule has 176 valence electrons. The van der Waals surface area contributed by atoms with Gasteiger partial charge in [0.25, 0.3) is 0 Å². The summed E-state index contributed by atoms with van der Waals surface area (Å²) in [7, 11) is 0. The molecule has 14 heteroatoms. The largest absolute Gasteiger partial charge is 0.471 e. The fourth-order valence-corrected chi connectivity index (χ4v) is 4.26. The summed E-state index contributed by atoms with van der Waals surface area (Å²) in [5.74, 6) is 0.427. The van der Waals surface area contributed by atoms with Gasteiger partial charge in [0.15, 0.2) is 5.82 Å². The number of alkyl halides is 3. The molecule has 0 radical (unpaired) electrons. The van der Waals surface area contributed by atoms with Crippen molar-refractivity contribution in [3.05, 3.63) is 53.9 Å². The Morgan fingerprint density at radius 2 is 1.91 bits per heavy atom. The van der Waals surface area contributed by atoms with Gasteiger partial charge in [0.1, 0.15) is 18.0 Å². The molecular formula is C20H17F3N8O2S. The predicted octanol–water partition coefficient (Wildman–Crippen LogP) is 3.57. The van der Waals surface area contributed by atoms with E-state index < -0.39 is 12.1 Å². The summed E-state index contributed by atoms with van der Waals surface area (Å²) < 4.78 is 48.2. The lowest BCUT2D eigenvalue weighted by atomic mass is 10.3. The minimum absolute atomic E-state index is 0.119. The van der Waals surface area contributed by atoms with Crippen molar-refractivity contribution < 1.29 is 22.4 Å². The van der Waals surface area contributed by atoms with Crippen molar-refractivity contribution in [3.63, 3.8) is 0 Å². The third-order valence-corrected chi connectivity index (χ3v) is 6.01. The first-order valence-corrected chi connectivity index (χ1v) is 11.0. The first-order valence-electron chi connectivity index (χ1n) is 10.2. The molecule has 1 fully saturated rings. The molecule has 5 rings (SSSR count). The van der Waals surface area contributed by atoms with Crippen molar-refractivity contribution >= 4 is 28.8 Å². The van der Waals surface area contributed by atoms with E-state index >= 15 is 0 Å². The summed E-state index contributed by atoms with van der Waals surface area (Å²) in [6.07, 6.45) is 1.54. The Balaban J connectivity index is 1.43. The van der Waals surface area contributed by atoms with Crippen molar-refractivity contribution in [2.75, 3.05) is 36.1 Å². The standard InChI is InChI=1S/C20H17F3N8O2S/c21-20(22,23)19-28-18(29-33-19)14-2-1-13(34-14)11-31(17-10-24-3-4-25-17)16-9-15(26-12-27-16)30-5-7-32-8-6-30/h1-4,9-10,12H,5-8,11H2. The quantitative estimate of drug-likeness (QED) is 0.398. The highest BCUT2D eigenvalue weighted by atomic mass is 32.1. The van der Waals surface area contributed by atoms with Crippen LogP contribution < -0.4 is 9.80 Å². The van der Waals surface area contributed by atoms with E-state index in [1.165, 1.54) is 17.7 Å². The van der Waals surface area contributed by atoms with Crippen molar-refractivity contribution in [2.24, 2.45) is 0 Å². The zero-order valence-corrected chi connectivity index (χ0v) is 18.3. The Kier molecular flexibility index (Phi) is 6.06. The Morgan fingerprint density at radius 1 is 1.06 bits per heavy atom. The summed E-state index contributed by atoms with van der Waals surface area (Å²) in [6.45, 7) is 3.03. The number of anilines is 3. The summed E-state index contributed by atoms with van der Waals surface area (Å²) in [5.41, 5.74) is 0. The molecule has 0 unspecified atom stereocenters. The number of nitrogens with zero attached hydrogens (tertiary/aromatic N) is 8. The third-order valence-electron chi connectivity index (χ3n) is 4.94. The van der Waals surface area contributed by atoms with Gasteiger partial charge in [-0.3, -0.25) is 4.98 Å². The summed E-state index contributed by atoms with van der Waals surface area (Å²) in [6, 6.07) is 5.30. The van der Waals surface area contributed by atoms with Crippen LogP contribution in [-0.4, -0.2) is 56.4 Å². The van der Waals surface area contributed by atoms with E-state index in [0.717, 1.165) is 23.8 Å². The number of halogens is 3. The van der Waals surface area contributed by atoms with Crippen LogP contribution in [0.5, 0.6) is 0 Å². The molecule has 1 aliphatic heterocycles. The fraction of sp³-hybridized carbons (Fsp3) is 0.300. The average molecular weight is 490 g/mol. The molecule has 0 aromatic carbocycles. The van der Waals surface area contributed by atoms with Gasteiger partial charge in [-0.25, -0.2) is 15.0 Å². The van der Waals surface area contributed by atoms with E-state index in [2.05, 4.69) is 39.5 Å². The van der Waals surface area contributed by atoms with E-state index in [1.54, 1.807) is 30.7 Å². The minimum atomic E-state index is -4.70. The average Bonchev–Trinajstić information content (AvgIpc) is 3.54. The van der Waals surface area contributed by atoms with E-state index in [4.69, 9.17) is 4.74 Å². The molecule has 0 amide bonds. The van der Waals surface area contributed by atoms with Crippen LogP contribution >= 0.6 is 11.3 Å². The van der Waals surface area contributed by atoms with Gasteiger partial charge in [-0.1, -0.05) is 5.16 Å². The smallest absolute Gasteiger partial charge is 0.378 e. The van der Waals surface area contributed by atoms with Crippen LogP contribution in [0.15, 0.2) is 47.6 Å². The van der Waals surface area contributed by atoms with Crippen LogP contribution in [0.3, 0.4) is 0 Å². The van der Waals surface area contributed by atoms with Gasteiger partial charge in [-0.2, -0.15) is 18.2 Å². The molecule has 0 spiro atoms. The number of aromatic nitrogens is 6. The zero-order chi connectivity index (χ0) is 23.5. The zero-order valence-electron chi connectivity index (χ0n) is 17.5. The normalized spacial score (nSPS) is 14.4. The van der Waals surface area contributed by atoms with Crippen molar-refractivity contribution in [2.45, 2.75) is 12.7 Å². The molecule has 1 aliphatic rings. The topological polar surface area (TPSA) is 106 Å². The number of rotatable bonds is 6. The molecule has 5 heterocycles. The second-order valence-corrected chi connectivity index (χ2v) is 8.34. The lowest BCUT2D eigenvalue weighted by Crippen LogP contribution is -2.36. The molecule has 4 aromatic rings. The number of hydrogen-bond donors (Lipinski definition) is 0. The Labute approximate surface area is 195 Å². The van der Waals surface area contributed by atoms with Gasteiger partial charge in [-0.05, 0) is 12.1 Å². The summed E-state index contributed by atoms with van der Waals surface area (Å²) in [4.78, 5) is 26.1. The number of morpholine rings is 1. The number of ether oxygens (including phenoxy) is 1. The lowest BCUT2D eigenvalue weighted by Gasteiger charge is -2.29. The Hall–Kier alpha value is -3.65. The maximum Gasteiger partial charge on any atom is 0.471 e. The SMILES string of the molecule is FC(F)(F)c1nc(-c2ccc(CN(c3cnccn3)c3cc(N4CCOCC4)ncn3)s2)no1. The third kappa shape index (κ3) is 4.82. The van der Waals surface area contributed by atoms with Crippen LogP contribution in [0, 0.1) is 0 Å². The van der Waals surface area contributed by atoms with Gasteiger partial charge in [0.05, 0.1) is 30.8 Å². The maximum absolute atomic E-state index is 12.8. The molecule has 34 heavy (non-hydrogen) atoms. The van der Waals surface area contributed by atoms with Crippen LogP contribution in [0.25, 0.3) is 10.7 Å². The van der Waals surface area contributed by atoms with Gasteiger partial charge in [-0.15, -0.1) is 11.3 Å². The number of hydrogen-bond acceptors (Lipinski definition) is 11. The predicted molar refractivity (Wildman–Crippen MR) is 116 cm³/mol. The summed E-state index contributed by atoms with van der Waals surface area (Å²) >= 11 is 1.25. The minimum Gasteiger partial charge on any atom is -0.378 e. The second kappa shape index (κ2) is 9.30. The highest BCUT2D eigenvalue weighted by Gasteiger charge is 2.38. The van der Waals surface area contributed by atoms with Gasteiger partial charge in [0.2, 0.25) is 5.82 Å². The molecule has 4 aromatic heterocycles. The molecule has 0 aliphatic carbocycles. The molecule has 1 saturated heterocycles. The molecule has 0 bridgehead atoms. The van der Waals surface area contributed by atoms with Crippen LogP contribution in [-0.2, 0) is 17.5 Å². The van der Waals surface area contributed by atoms with E-state index in [9.17, 15) is 13.2 Å². The van der Waals surface area contributed by atoms with Gasteiger partial charge in [0, 0.05) is 36.4 Å². The lowest BCUT2D eigenvalue weighted by molar-refractivity contribution is -0.159. The van der Waals surface area contributed by atoms with Crippen LogP contribution in [0.4, 0.5) is 30.6 Å². The Morgan fingerprint density at radius 3 is 2.65 bits per heavy atom. The van der Waals surface area contributed by atoms with E-state index in [0.29, 0.717) is 36.3 Å². The molecule has 0 saturated carbocycles. The van der Waals surface area contributed by atoms with Gasteiger partial charge >= 0.3 is 12.1 Å². The fourth-order valence-electron chi connectivity index (χ4n) is 3.34. The van der Waals surface area contributed by atoms with E-state index in [-0.39, 0.29) is 5.82 Å². The number of thiophene rings is 1. The van der Waals surface area contributed by atoms with Crippen molar-refractivity contribution in [1.82, 2.24) is 30.1 Å². The van der Waals surface area contributed by atoms with Crippen LogP contribution in [0.2, 0.25) is 0 Å². The van der Waals surface area contributed by atoms with E-state index in [1.807, 2.05) is 11.0 Å². The first kappa shape index (κ1) is 22.2. The molecule has 0 atom stereocenters. The maximum atomic E-state index is 12.8.